The van der Waals surface area contributed by atoms with E-state index in [1.807, 2.05) is 0 Å². The first-order chi connectivity index (χ1) is 10.2. The van der Waals surface area contributed by atoms with Gasteiger partial charge in [-0.2, -0.15) is 0 Å². The molecule has 1 aliphatic rings. The fourth-order valence-corrected chi connectivity index (χ4v) is 3.67. The lowest BCUT2D eigenvalue weighted by molar-refractivity contribution is 0.133. The van der Waals surface area contributed by atoms with Crippen LogP contribution in [0, 0.1) is 6.92 Å². The molecule has 1 aromatic carbocycles. The van der Waals surface area contributed by atoms with Crippen LogP contribution in [0.1, 0.15) is 62.6 Å². The lowest BCUT2D eigenvalue weighted by atomic mass is 9.96. The van der Waals surface area contributed by atoms with Crippen LogP contribution in [0.2, 0.25) is 0 Å². The van der Waals surface area contributed by atoms with Gasteiger partial charge in [0, 0.05) is 18.6 Å². The summed E-state index contributed by atoms with van der Waals surface area (Å²) in [6.07, 6.45) is 8.11. The largest absolute Gasteiger partial charge is 0.313 e. The van der Waals surface area contributed by atoms with Crippen molar-refractivity contribution in [1.82, 2.24) is 10.2 Å². The summed E-state index contributed by atoms with van der Waals surface area (Å²) < 4.78 is 0. The third kappa shape index (κ3) is 4.82. The number of hydrogen-bond acceptors (Lipinski definition) is 2. The van der Waals surface area contributed by atoms with Crippen molar-refractivity contribution < 1.29 is 0 Å². The highest BCUT2D eigenvalue weighted by molar-refractivity contribution is 5.25. The topological polar surface area (TPSA) is 15.3 Å². The van der Waals surface area contributed by atoms with E-state index in [4.69, 9.17) is 0 Å². The Morgan fingerprint density at radius 3 is 2.90 bits per heavy atom. The number of likely N-dealkylation sites (tertiary alicyclic amines) is 1. The van der Waals surface area contributed by atoms with Crippen LogP contribution in [0.3, 0.4) is 0 Å². The summed E-state index contributed by atoms with van der Waals surface area (Å²) >= 11 is 0. The van der Waals surface area contributed by atoms with Gasteiger partial charge in [-0.15, -0.1) is 0 Å². The molecule has 1 fully saturated rings. The Hall–Kier alpha value is -0.860. The number of aryl methyl sites for hydroxylation is 1. The van der Waals surface area contributed by atoms with Crippen molar-refractivity contribution in [3.63, 3.8) is 0 Å². The maximum absolute atomic E-state index is 3.51. The summed E-state index contributed by atoms with van der Waals surface area (Å²) in [6, 6.07) is 10.2. The quantitative estimate of drug-likeness (QED) is 0.804. The first-order valence-corrected chi connectivity index (χ1v) is 8.72. The van der Waals surface area contributed by atoms with E-state index in [0.717, 1.165) is 6.04 Å². The summed E-state index contributed by atoms with van der Waals surface area (Å²) in [7, 11) is 2.09. The van der Waals surface area contributed by atoms with Gasteiger partial charge >= 0.3 is 0 Å². The Morgan fingerprint density at radius 2 is 2.19 bits per heavy atom. The standard InChI is InChI=1S/C19H32N2/c1-4-8-18-11-5-6-13-21(18)14-12-19(20-3)17-10-7-9-16(2)15-17/h7,9-10,15,18-20H,4-6,8,11-14H2,1-3H3. The molecule has 1 heterocycles. The fraction of sp³-hybridized carbons (Fsp3) is 0.684. The third-order valence-electron chi connectivity index (χ3n) is 4.87. The van der Waals surface area contributed by atoms with Crippen molar-refractivity contribution in [1.29, 1.82) is 0 Å². The van der Waals surface area contributed by atoms with Crippen LogP contribution in [0.15, 0.2) is 24.3 Å². The van der Waals surface area contributed by atoms with Gasteiger partial charge in [0.25, 0.3) is 0 Å². The lowest BCUT2D eigenvalue weighted by Crippen LogP contribution is -2.41. The fourth-order valence-electron chi connectivity index (χ4n) is 3.67. The van der Waals surface area contributed by atoms with Gasteiger partial charge in [0.2, 0.25) is 0 Å². The normalized spacial score (nSPS) is 21.4. The highest BCUT2D eigenvalue weighted by atomic mass is 15.2. The minimum absolute atomic E-state index is 0.481. The van der Waals surface area contributed by atoms with Gasteiger partial charge in [0.05, 0.1) is 0 Å². The van der Waals surface area contributed by atoms with Crippen molar-refractivity contribution in [3.05, 3.63) is 35.4 Å². The Balaban J connectivity index is 1.92. The van der Waals surface area contributed by atoms with E-state index in [0.29, 0.717) is 6.04 Å². The second kappa shape index (κ2) is 8.55. The molecule has 118 valence electrons. The lowest BCUT2D eigenvalue weighted by Gasteiger charge is -2.36. The Labute approximate surface area is 130 Å². The Kier molecular flexibility index (Phi) is 6.72. The second-order valence-corrected chi connectivity index (χ2v) is 6.52. The molecule has 0 aliphatic carbocycles. The number of piperidine rings is 1. The van der Waals surface area contributed by atoms with E-state index >= 15 is 0 Å². The molecule has 0 bridgehead atoms. The zero-order chi connectivity index (χ0) is 15.1. The second-order valence-electron chi connectivity index (χ2n) is 6.52. The molecule has 1 aliphatic heterocycles. The number of nitrogens with zero attached hydrogens (tertiary/aromatic N) is 1. The van der Waals surface area contributed by atoms with Gasteiger partial charge in [-0.1, -0.05) is 49.6 Å². The van der Waals surface area contributed by atoms with Crippen molar-refractivity contribution in [2.45, 2.75) is 64.5 Å². The van der Waals surface area contributed by atoms with Crippen LogP contribution in [0.5, 0.6) is 0 Å². The monoisotopic (exact) mass is 288 g/mol. The number of benzene rings is 1. The molecule has 0 saturated carbocycles. The molecule has 1 aromatic rings. The van der Waals surface area contributed by atoms with Crippen LogP contribution < -0.4 is 5.32 Å². The summed E-state index contributed by atoms with van der Waals surface area (Å²) in [5, 5.41) is 3.51. The molecule has 0 spiro atoms. The molecule has 0 radical (unpaired) electrons. The van der Waals surface area contributed by atoms with Gasteiger partial charge < -0.3 is 10.2 Å². The smallest absolute Gasteiger partial charge is 0.0329 e. The van der Waals surface area contributed by atoms with E-state index < -0.39 is 0 Å². The highest BCUT2D eigenvalue weighted by Crippen LogP contribution is 2.24. The minimum Gasteiger partial charge on any atom is -0.313 e. The third-order valence-corrected chi connectivity index (χ3v) is 4.87. The molecule has 2 heteroatoms. The Morgan fingerprint density at radius 1 is 1.33 bits per heavy atom. The van der Waals surface area contributed by atoms with E-state index in [-0.39, 0.29) is 0 Å². The summed E-state index contributed by atoms with van der Waals surface area (Å²) in [4.78, 5) is 2.74. The van der Waals surface area contributed by atoms with E-state index in [1.54, 1.807) is 0 Å². The first kappa shape index (κ1) is 16.5. The average molecular weight is 288 g/mol. The van der Waals surface area contributed by atoms with Gasteiger partial charge in [-0.05, 0) is 51.8 Å². The van der Waals surface area contributed by atoms with Crippen molar-refractivity contribution in [3.8, 4) is 0 Å². The first-order valence-electron chi connectivity index (χ1n) is 8.72. The summed E-state index contributed by atoms with van der Waals surface area (Å²) in [5.74, 6) is 0. The van der Waals surface area contributed by atoms with E-state index in [9.17, 15) is 0 Å². The summed E-state index contributed by atoms with van der Waals surface area (Å²) in [5.41, 5.74) is 2.79. The molecule has 1 N–H and O–H groups in total. The van der Waals surface area contributed by atoms with Gasteiger partial charge in [0.15, 0.2) is 0 Å². The SMILES string of the molecule is CCCC1CCCCN1CCC(NC)c1cccc(C)c1. The van der Waals surface area contributed by atoms with Gasteiger partial charge in [-0.3, -0.25) is 0 Å². The maximum atomic E-state index is 3.51. The van der Waals surface area contributed by atoms with Crippen LogP contribution >= 0.6 is 0 Å². The molecule has 2 atom stereocenters. The van der Waals surface area contributed by atoms with Crippen LogP contribution in [-0.4, -0.2) is 31.1 Å². The zero-order valence-electron chi connectivity index (χ0n) is 14.1. The molecule has 2 unspecified atom stereocenters. The van der Waals surface area contributed by atoms with Crippen molar-refractivity contribution in [2.75, 3.05) is 20.1 Å². The zero-order valence-corrected chi connectivity index (χ0v) is 14.1. The predicted molar refractivity (Wildman–Crippen MR) is 91.7 cm³/mol. The van der Waals surface area contributed by atoms with Crippen LogP contribution in [-0.2, 0) is 0 Å². The molecular weight excluding hydrogens is 256 g/mol. The number of hydrogen-bond donors (Lipinski definition) is 1. The number of rotatable bonds is 7. The Bertz CT molecular complexity index is 414. The molecule has 21 heavy (non-hydrogen) atoms. The van der Waals surface area contributed by atoms with Crippen molar-refractivity contribution in [2.24, 2.45) is 0 Å². The average Bonchev–Trinajstić information content (AvgIpc) is 2.50. The highest BCUT2D eigenvalue weighted by Gasteiger charge is 2.22. The maximum Gasteiger partial charge on any atom is 0.0329 e. The minimum atomic E-state index is 0.481. The molecule has 2 rings (SSSR count). The van der Waals surface area contributed by atoms with E-state index in [2.05, 4.69) is 55.4 Å². The van der Waals surface area contributed by atoms with Gasteiger partial charge in [0.1, 0.15) is 0 Å². The molecule has 0 amide bonds. The van der Waals surface area contributed by atoms with E-state index in [1.165, 1.54) is 62.7 Å². The van der Waals surface area contributed by atoms with Crippen LogP contribution in [0.25, 0.3) is 0 Å². The molecule has 2 nitrogen and oxygen atoms in total. The molecule has 1 saturated heterocycles. The predicted octanol–water partition coefficient (Wildman–Crippen LogP) is 4.30. The summed E-state index contributed by atoms with van der Waals surface area (Å²) in [6.45, 7) is 7.02. The van der Waals surface area contributed by atoms with Gasteiger partial charge in [-0.25, -0.2) is 0 Å². The number of nitrogens with one attached hydrogen (secondary N) is 1. The molecule has 0 aromatic heterocycles. The van der Waals surface area contributed by atoms with Crippen molar-refractivity contribution >= 4 is 0 Å². The molecular formula is C19H32N2. The van der Waals surface area contributed by atoms with Crippen LogP contribution in [0.4, 0.5) is 0 Å².